The molecule has 0 spiro atoms. The number of morpholine rings is 1. The van der Waals surface area contributed by atoms with Gasteiger partial charge in [0.15, 0.2) is 5.76 Å². The Labute approximate surface area is 158 Å². The molecule has 1 aliphatic heterocycles. The van der Waals surface area contributed by atoms with Crippen molar-refractivity contribution in [3.63, 3.8) is 0 Å². The fourth-order valence-electron chi connectivity index (χ4n) is 2.83. The summed E-state index contributed by atoms with van der Waals surface area (Å²) in [7, 11) is 0. The number of ether oxygens (including phenoxy) is 1. The molecule has 3 heterocycles. The molecule has 7 nitrogen and oxygen atoms in total. The van der Waals surface area contributed by atoms with Gasteiger partial charge in [0, 0.05) is 26.2 Å². The van der Waals surface area contributed by atoms with Crippen LogP contribution < -0.4 is 5.32 Å². The maximum atomic E-state index is 13.0. The monoisotopic (exact) mass is 404 g/mol. The number of furan rings is 1. The highest BCUT2D eigenvalue weighted by molar-refractivity contribution is 5.91. The third-order valence-electron chi connectivity index (χ3n) is 4.29. The molecule has 1 saturated heterocycles. The molecule has 0 saturated carbocycles. The van der Waals surface area contributed by atoms with Crippen LogP contribution in [0.1, 0.15) is 40.6 Å². The molecule has 1 N–H and O–H groups in total. The summed E-state index contributed by atoms with van der Waals surface area (Å²) in [5, 5.41) is 6.21. The second-order valence-electron chi connectivity index (χ2n) is 6.23. The number of carbonyl (C=O) groups is 1. The number of aromatic nitrogens is 2. The van der Waals surface area contributed by atoms with Gasteiger partial charge in [-0.15, -0.1) is 0 Å². The summed E-state index contributed by atoms with van der Waals surface area (Å²) in [4.78, 5) is 14.3. The Kier molecular flexibility index (Phi) is 6.68. The largest absolute Gasteiger partial charge is 0.454 e. The lowest BCUT2D eigenvalue weighted by Gasteiger charge is -2.26. The second-order valence-corrected chi connectivity index (χ2v) is 6.23. The van der Waals surface area contributed by atoms with Crippen molar-refractivity contribution in [1.29, 1.82) is 0 Å². The Morgan fingerprint density at radius 3 is 2.61 bits per heavy atom. The molecule has 2 aromatic rings. The molecular formula is C17H20F4N4O3. The standard InChI is InChI=1S/C17H20F4N4O3/c18-15(19)12-9-13(16(20)21)25(23-12)10-11-1-2-14(28-11)17(26)22-3-4-24-5-7-27-8-6-24/h1-2,9,15-16H,3-8,10H2,(H,22,26). The molecule has 0 bridgehead atoms. The van der Waals surface area contributed by atoms with Crippen LogP contribution in [-0.2, 0) is 11.3 Å². The normalized spacial score (nSPS) is 15.5. The van der Waals surface area contributed by atoms with Gasteiger partial charge in [-0.1, -0.05) is 0 Å². The molecule has 1 aliphatic rings. The van der Waals surface area contributed by atoms with E-state index in [-0.39, 0.29) is 18.1 Å². The molecule has 2 aromatic heterocycles. The number of hydrogen-bond donors (Lipinski definition) is 1. The Hall–Kier alpha value is -2.40. The van der Waals surface area contributed by atoms with E-state index in [4.69, 9.17) is 9.15 Å². The topological polar surface area (TPSA) is 72.5 Å². The highest BCUT2D eigenvalue weighted by Crippen LogP contribution is 2.25. The SMILES string of the molecule is O=C(NCCN1CCOCC1)c1ccc(Cn2nc(C(F)F)cc2C(F)F)o1. The van der Waals surface area contributed by atoms with E-state index in [1.54, 1.807) is 0 Å². The van der Waals surface area contributed by atoms with E-state index in [1.165, 1.54) is 12.1 Å². The van der Waals surface area contributed by atoms with E-state index in [0.717, 1.165) is 17.8 Å². The summed E-state index contributed by atoms with van der Waals surface area (Å²) in [6.07, 6.45) is -5.92. The fourth-order valence-corrected chi connectivity index (χ4v) is 2.83. The molecule has 1 fully saturated rings. The van der Waals surface area contributed by atoms with E-state index in [1.807, 2.05) is 0 Å². The maximum Gasteiger partial charge on any atom is 0.287 e. The minimum atomic E-state index is -2.96. The predicted octanol–water partition coefficient (Wildman–Crippen LogP) is 2.46. The molecule has 0 aromatic carbocycles. The number of amides is 1. The van der Waals surface area contributed by atoms with Gasteiger partial charge in [-0.2, -0.15) is 5.10 Å². The minimum absolute atomic E-state index is 0.0109. The van der Waals surface area contributed by atoms with Gasteiger partial charge in [-0.25, -0.2) is 17.6 Å². The summed E-state index contributed by atoms with van der Waals surface area (Å²) in [6, 6.07) is 3.49. The predicted molar refractivity (Wildman–Crippen MR) is 89.5 cm³/mol. The van der Waals surface area contributed by atoms with Crippen molar-refractivity contribution in [2.75, 3.05) is 39.4 Å². The van der Waals surface area contributed by atoms with E-state index >= 15 is 0 Å². The number of nitrogens with one attached hydrogen (secondary N) is 1. The van der Waals surface area contributed by atoms with Crippen LogP contribution >= 0.6 is 0 Å². The van der Waals surface area contributed by atoms with Gasteiger partial charge in [0.25, 0.3) is 18.8 Å². The Morgan fingerprint density at radius 2 is 1.93 bits per heavy atom. The molecule has 0 aliphatic carbocycles. The van der Waals surface area contributed by atoms with Crippen molar-refractivity contribution in [1.82, 2.24) is 20.0 Å². The van der Waals surface area contributed by atoms with Crippen LogP contribution in [0.2, 0.25) is 0 Å². The van der Waals surface area contributed by atoms with Crippen LogP contribution in [0.3, 0.4) is 0 Å². The minimum Gasteiger partial charge on any atom is -0.454 e. The quantitative estimate of drug-likeness (QED) is 0.685. The van der Waals surface area contributed by atoms with Crippen LogP contribution in [0.15, 0.2) is 22.6 Å². The molecular weight excluding hydrogens is 384 g/mol. The van der Waals surface area contributed by atoms with Gasteiger partial charge in [0.05, 0.1) is 19.8 Å². The summed E-state index contributed by atoms with van der Waals surface area (Å²) in [5.74, 6) is -0.275. The average molecular weight is 404 g/mol. The molecule has 0 atom stereocenters. The van der Waals surface area contributed by atoms with Crippen LogP contribution in [0.4, 0.5) is 17.6 Å². The first kappa shape index (κ1) is 20.3. The average Bonchev–Trinajstić information content (AvgIpc) is 3.30. The summed E-state index contributed by atoms with van der Waals surface area (Å²) in [5.41, 5.74) is -1.37. The zero-order chi connectivity index (χ0) is 20.1. The van der Waals surface area contributed by atoms with Gasteiger partial charge in [0.2, 0.25) is 0 Å². The van der Waals surface area contributed by atoms with Crippen molar-refractivity contribution in [2.45, 2.75) is 19.4 Å². The first-order chi connectivity index (χ1) is 13.4. The Bertz CT molecular complexity index is 787. The summed E-state index contributed by atoms with van der Waals surface area (Å²) < 4.78 is 62.8. The van der Waals surface area contributed by atoms with Gasteiger partial charge < -0.3 is 14.5 Å². The van der Waals surface area contributed by atoms with Crippen LogP contribution in [0.25, 0.3) is 0 Å². The summed E-state index contributed by atoms with van der Waals surface area (Å²) in [6.45, 7) is 3.74. The Balaban J connectivity index is 1.57. The third kappa shape index (κ3) is 5.10. The highest BCUT2D eigenvalue weighted by atomic mass is 19.3. The van der Waals surface area contributed by atoms with E-state index in [2.05, 4.69) is 15.3 Å². The molecule has 154 valence electrons. The van der Waals surface area contributed by atoms with Crippen molar-refractivity contribution in [3.8, 4) is 0 Å². The van der Waals surface area contributed by atoms with Gasteiger partial charge in [-0.3, -0.25) is 14.4 Å². The lowest BCUT2D eigenvalue weighted by molar-refractivity contribution is 0.0382. The van der Waals surface area contributed by atoms with Crippen LogP contribution in [-0.4, -0.2) is 60.0 Å². The van der Waals surface area contributed by atoms with Gasteiger partial charge in [0.1, 0.15) is 17.1 Å². The smallest absolute Gasteiger partial charge is 0.287 e. The van der Waals surface area contributed by atoms with Gasteiger partial charge >= 0.3 is 0 Å². The Morgan fingerprint density at radius 1 is 1.18 bits per heavy atom. The second kappa shape index (κ2) is 9.20. The van der Waals surface area contributed by atoms with E-state index in [0.29, 0.717) is 32.4 Å². The number of nitrogens with zero attached hydrogens (tertiary/aromatic N) is 3. The van der Waals surface area contributed by atoms with E-state index in [9.17, 15) is 22.4 Å². The number of alkyl halides is 4. The van der Waals surface area contributed by atoms with Crippen LogP contribution in [0, 0.1) is 0 Å². The zero-order valence-electron chi connectivity index (χ0n) is 14.9. The highest BCUT2D eigenvalue weighted by Gasteiger charge is 2.22. The van der Waals surface area contributed by atoms with Crippen molar-refractivity contribution in [2.24, 2.45) is 0 Å². The number of halogens is 4. The number of hydrogen-bond acceptors (Lipinski definition) is 5. The van der Waals surface area contributed by atoms with Crippen molar-refractivity contribution >= 4 is 5.91 Å². The molecule has 0 unspecified atom stereocenters. The lowest BCUT2D eigenvalue weighted by atomic mass is 10.3. The molecule has 1 amide bonds. The van der Waals surface area contributed by atoms with Crippen LogP contribution in [0.5, 0.6) is 0 Å². The van der Waals surface area contributed by atoms with Crippen molar-refractivity contribution < 1.29 is 31.5 Å². The van der Waals surface area contributed by atoms with Crippen molar-refractivity contribution in [3.05, 3.63) is 41.1 Å². The molecule has 3 rings (SSSR count). The van der Waals surface area contributed by atoms with Gasteiger partial charge in [-0.05, 0) is 18.2 Å². The molecule has 11 heteroatoms. The molecule has 28 heavy (non-hydrogen) atoms. The number of carbonyl (C=O) groups excluding carboxylic acids is 1. The fraction of sp³-hybridized carbons (Fsp3) is 0.529. The first-order valence-corrected chi connectivity index (χ1v) is 8.75. The number of rotatable bonds is 8. The third-order valence-corrected chi connectivity index (χ3v) is 4.29. The molecule has 0 radical (unpaired) electrons. The maximum absolute atomic E-state index is 13.0. The first-order valence-electron chi connectivity index (χ1n) is 8.75. The summed E-state index contributed by atoms with van der Waals surface area (Å²) >= 11 is 0. The van der Waals surface area contributed by atoms with E-state index < -0.39 is 30.1 Å². The lowest BCUT2D eigenvalue weighted by Crippen LogP contribution is -2.41. The zero-order valence-corrected chi connectivity index (χ0v) is 14.9.